The highest BCUT2D eigenvalue weighted by Crippen LogP contribution is 2.15. The van der Waals surface area contributed by atoms with Gasteiger partial charge in [-0.3, -0.25) is 9.36 Å². The monoisotopic (exact) mass is 339 g/mol. The number of hydrogen-bond donors (Lipinski definition) is 1. The predicted molar refractivity (Wildman–Crippen MR) is 98.1 cm³/mol. The first-order valence-corrected chi connectivity index (χ1v) is 8.06. The molecule has 122 valence electrons. The van der Waals surface area contributed by atoms with Crippen LogP contribution in [0.15, 0.2) is 59.7 Å². The molecule has 1 N–H and O–H groups in total. The Hall–Kier alpha value is -2.59. The van der Waals surface area contributed by atoms with Gasteiger partial charge in [-0.2, -0.15) is 0 Å². The van der Waals surface area contributed by atoms with Crippen LogP contribution in [0, 0.1) is 13.8 Å². The molecule has 0 aliphatic heterocycles. The molecular weight excluding hydrogens is 322 g/mol. The van der Waals surface area contributed by atoms with Gasteiger partial charge in [0.15, 0.2) is 5.82 Å². The van der Waals surface area contributed by atoms with Crippen LogP contribution in [0.3, 0.4) is 0 Å². The van der Waals surface area contributed by atoms with Crippen molar-refractivity contribution in [1.29, 1.82) is 0 Å². The van der Waals surface area contributed by atoms with Crippen LogP contribution < -0.4 is 10.9 Å². The van der Waals surface area contributed by atoms with Crippen molar-refractivity contribution in [2.45, 2.75) is 20.4 Å². The number of nitrogens with one attached hydrogen (secondary N) is 1. The molecule has 0 aliphatic rings. The number of anilines is 1. The van der Waals surface area contributed by atoms with Gasteiger partial charge in [-0.1, -0.05) is 35.9 Å². The molecule has 4 nitrogen and oxygen atoms in total. The summed E-state index contributed by atoms with van der Waals surface area (Å²) in [4.78, 5) is 16.9. The van der Waals surface area contributed by atoms with Crippen LogP contribution in [-0.2, 0) is 6.54 Å². The summed E-state index contributed by atoms with van der Waals surface area (Å²) in [6, 6.07) is 13.5. The van der Waals surface area contributed by atoms with Crippen molar-refractivity contribution in [1.82, 2.24) is 9.55 Å². The van der Waals surface area contributed by atoms with E-state index in [0.717, 1.165) is 22.4 Å². The second kappa shape index (κ2) is 6.89. The molecule has 0 aliphatic carbocycles. The molecule has 0 radical (unpaired) electrons. The van der Waals surface area contributed by atoms with Crippen molar-refractivity contribution in [3.05, 3.63) is 86.9 Å². The number of halogens is 1. The molecule has 2 aromatic carbocycles. The van der Waals surface area contributed by atoms with Crippen LogP contribution in [0.4, 0.5) is 5.82 Å². The number of nitrogens with zero attached hydrogens (tertiary/aromatic N) is 2. The van der Waals surface area contributed by atoms with Gasteiger partial charge in [-0.05, 0) is 48.7 Å². The molecule has 0 bridgehead atoms. The van der Waals surface area contributed by atoms with Crippen LogP contribution in [0.5, 0.6) is 0 Å². The highest BCUT2D eigenvalue weighted by molar-refractivity contribution is 6.30. The average Bonchev–Trinajstić information content (AvgIpc) is 2.58. The lowest BCUT2D eigenvalue weighted by atomic mass is 10.1. The van der Waals surface area contributed by atoms with Crippen LogP contribution in [0.25, 0.3) is 5.69 Å². The lowest BCUT2D eigenvalue weighted by molar-refractivity contribution is 0.935. The van der Waals surface area contributed by atoms with E-state index in [4.69, 9.17) is 11.6 Å². The first-order valence-electron chi connectivity index (χ1n) is 7.68. The fourth-order valence-electron chi connectivity index (χ4n) is 2.49. The van der Waals surface area contributed by atoms with Crippen molar-refractivity contribution in [2.24, 2.45) is 0 Å². The number of benzene rings is 2. The fraction of sp³-hybridized carbons (Fsp3) is 0.158. The van der Waals surface area contributed by atoms with Crippen molar-refractivity contribution in [3.63, 3.8) is 0 Å². The zero-order chi connectivity index (χ0) is 17.1. The van der Waals surface area contributed by atoms with E-state index in [1.165, 1.54) is 0 Å². The second-order valence-corrected chi connectivity index (χ2v) is 6.16. The highest BCUT2D eigenvalue weighted by atomic mass is 35.5. The van der Waals surface area contributed by atoms with Crippen LogP contribution in [0.1, 0.15) is 16.7 Å². The molecule has 0 spiro atoms. The van der Waals surface area contributed by atoms with E-state index < -0.39 is 0 Å². The smallest absolute Gasteiger partial charge is 0.297 e. The maximum atomic E-state index is 12.7. The van der Waals surface area contributed by atoms with Crippen molar-refractivity contribution in [3.8, 4) is 5.69 Å². The average molecular weight is 340 g/mol. The van der Waals surface area contributed by atoms with Gasteiger partial charge in [0.05, 0.1) is 5.69 Å². The summed E-state index contributed by atoms with van der Waals surface area (Å²) in [5.41, 5.74) is 3.88. The molecule has 5 heteroatoms. The molecule has 1 aromatic heterocycles. The SMILES string of the molecule is Cc1ccc(C)c(-n2ccnc(NCc3ccc(Cl)cc3)c2=O)c1. The molecule has 0 amide bonds. The minimum Gasteiger partial charge on any atom is -0.361 e. The molecule has 0 unspecified atom stereocenters. The molecule has 0 atom stereocenters. The molecule has 0 saturated carbocycles. The standard InChI is InChI=1S/C19H18ClN3O/c1-13-3-4-14(2)17(11-13)23-10-9-21-18(19(23)24)22-12-15-5-7-16(20)8-6-15/h3-11H,12H2,1-2H3,(H,21,22). The van der Waals surface area contributed by atoms with E-state index >= 15 is 0 Å². The summed E-state index contributed by atoms with van der Waals surface area (Å²) in [6.45, 7) is 4.51. The normalized spacial score (nSPS) is 10.6. The summed E-state index contributed by atoms with van der Waals surface area (Å²) in [6.07, 6.45) is 3.32. The molecule has 3 aromatic rings. The Labute approximate surface area is 145 Å². The summed E-state index contributed by atoms with van der Waals surface area (Å²) in [5, 5.41) is 3.79. The van der Waals surface area contributed by atoms with Gasteiger partial charge in [-0.25, -0.2) is 4.98 Å². The van der Waals surface area contributed by atoms with E-state index in [1.54, 1.807) is 17.0 Å². The van der Waals surface area contributed by atoms with Crippen molar-refractivity contribution < 1.29 is 0 Å². The quantitative estimate of drug-likeness (QED) is 0.778. The van der Waals surface area contributed by atoms with Gasteiger partial charge >= 0.3 is 0 Å². The molecule has 3 rings (SSSR count). The first kappa shape index (κ1) is 16.3. The van der Waals surface area contributed by atoms with Gasteiger partial charge in [0.25, 0.3) is 5.56 Å². The lowest BCUT2D eigenvalue weighted by Crippen LogP contribution is -2.23. The largest absolute Gasteiger partial charge is 0.361 e. The maximum absolute atomic E-state index is 12.7. The summed E-state index contributed by atoms with van der Waals surface area (Å²) >= 11 is 5.88. The Morgan fingerprint density at radius 2 is 1.88 bits per heavy atom. The van der Waals surface area contributed by atoms with Gasteiger partial charge < -0.3 is 5.32 Å². The zero-order valence-corrected chi connectivity index (χ0v) is 14.3. The number of rotatable bonds is 4. The minimum absolute atomic E-state index is 0.167. The second-order valence-electron chi connectivity index (χ2n) is 5.72. The Morgan fingerprint density at radius 3 is 2.62 bits per heavy atom. The third-order valence-corrected chi connectivity index (χ3v) is 4.09. The molecule has 0 saturated heterocycles. The zero-order valence-electron chi connectivity index (χ0n) is 13.6. The number of hydrogen-bond acceptors (Lipinski definition) is 3. The van der Waals surface area contributed by atoms with E-state index in [9.17, 15) is 4.79 Å². The molecule has 1 heterocycles. The van der Waals surface area contributed by atoms with Gasteiger partial charge in [0, 0.05) is 24.0 Å². The fourth-order valence-corrected chi connectivity index (χ4v) is 2.62. The number of aromatic nitrogens is 2. The summed E-state index contributed by atoms with van der Waals surface area (Å²) < 4.78 is 1.62. The Balaban J connectivity index is 1.89. The predicted octanol–water partition coefficient (Wildman–Crippen LogP) is 4.11. The van der Waals surface area contributed by atoms with Crippen LogP contribution >= 0.6 is 11.6 Å². The molecular formula is C19H18ClN3O. The van der Waals surface area contributed by atoms with Crippen molar-refractivity contribution >= 4 is 17.4 Å². The first-order chi connectivity index (χ1) is 11.5. The Morgan fingerprint density at radius 1 is 1.12 bits per heavy atom. The minimum atomic E-state index is -0.167. The van der Waals surface area contributed by atoms with E-state index in [2.05, 4.69) is 10.3 Å². The Bertz CT molecular complexity index is 917. The van der Waals surface area contributed by atoms with Gasteiger partial charge in [-0.15, -0.1) is 0 Å². The van der Waals surface area contributed by atoms with E-state index in [1.807, 2.05) is 56.3 Å². The molecule has 0 fully saturated rings. The Kier molecular flexibility index (Phi) is 4.67. The lowest BCUT2D eigenvalue weighted by Gasteiger charge is -2.12. The third kappa shape index (κ3) is 3.49. The van der Waals surface area contributed by atoms with Gasteiger partial charge in [0.2, 0.25) is 0 Å². The van der Waals surface area contributed by atoms with E-state index in [0.29, 0.717) is 17.4 Å². The van der Waals surface area contributed by atoms with Crippen LogP contribution in [0.2, 0.25) is 5.02 Å². The molecule has 24 heavy (non-hydrogen) atoms. The topological polar surface area (TPSA) is 46.9 Å². The maximum Gasteiger partial charge on any atom is 0.297 e. The van der Waals surface area contributed by atoms with Crippen LogP contribution in [-0.4, -0.2) is 9.55 Å². The third-order valence-electron chi connectivity index (χ3n) is 3.84. The van der Waals surface area contributed by atoms with Crippen molar-refractivity contribution in [2.75, 3.05) is 5.32 Å². The highest BCUT2D eigenvalue weighted by Gasteiger charge is 2.08. The van der Waals surface area contributed by atoms with E-state index in [-0.39, 0.29) is 5.56 Å². The summed E-state index contributed by atoms with van der Waals surface area (Å²) in [5.74, 6) is 0.327. The number of aryl methyl sites for hydroxylation is 2. The summed E-state index contributed by atoms with van der Waals surface area (Å²) in [7, 11) is 0. The van der Waals surface area contributed by atoms with Gasteiger partial charge in [0.1, 0.15) is 0 Å².